The fraction of sp³-hybridized carbons (Fsp3) is 0.333. The van der Waals surface area contributed by atoms with E-state index in [2.05, 4.69) is 5.32 Å². The zero-order chi connectivity index (χ0) is 13.8. The Balaban J connectivity index is 2.14. The molecule has 1 atom stereocenters. The predicted molar refractivity (Wildman–Crippen MR) is 81.7 cm³/mol. The monoisotopic (exact) mass is 332 g/mol. The molecule has 100 valence electrons. The molecule has 0 bridgehead atoms. The van der Waals surface area contributed by atoms with Gasteiger partial charge in [-0.2, -0.15) is 5.26 Å². The molecule has 0 unspecified atom stereocenters. The highest BCUT2D eigenvalue weighted by Crippen LogP contribution is 2.33. The first-order valence-electron chi connectivity index (χ1n) is 5.50. The summed E-state index contributed by atoms with van der Waals surface area (Å²) in [5, 5.41) is 12.6. The van der Waals surface area contributed by atoms with E-state index in [4.69, 9.17) is 23.2 Å². The van der Waals surface area contributed by atoms with Crippen LogP contribution >= 0.6 is 46.7 Å². The van der Waals surface area contributed by atoms with Crippen molar-refractivity contribution in [2.45, 2.75) is 10.6 Å². The molecule has 2 rings (SSSR count). The van der Waals surface area contributed by atoms with Gasteiger partial charge in [0.25, 0.3) is 0 Å². The van der Waals surface area contributed by atoms with Gasteiger partial charge in [0.15, 0.2) is 0 Å². The van der Waals surface area contributed by atoms with Gasteiger partial charge >= 0.3 is 0 Å². The van der Waals surface area contributed by atoms with Crippen LogP contribution in [0.15, 0.2) is 18.2 Å². The van der Waals surface area contributed by atoms with E-state index in [9.17, 15) is 10.1 Å². The van der Waals surface area contributed by atoms with Crippen molar-refractivity contribution in [3.8, 4) is 6.07 Å². The SMILES string of the molecule is N#C[C@H](NC(=O)C1SCCS1)c1cccc(Cl)c1Cl. The van der Waals surface area contributed by atoms with Crippen molar-refractivity contribution in [2.24, 2.45) is 0 Å². The van der Waals surface area contributed by atoms with Crippen LogP contribution in [0.3, 0.4) is 0 Å². The summed E-state index contributed by atoms with van der Waals surface area (Å²) in [7, 11) is 0. The number of carbonyl (C=O) groups excluding carboxylic acids is 1. The molecule has 0 aliphatic carbocycles. The fourth-order valence-corrected chi connectivity index (χ4v) is 4.66. The number of amides is 1. The first-order valence-corrected chi connectivity index (χ1v) is 8.36. The van der Waals surface area contributed by atoms with Gasteiger partial charge in [-0.25, -0.2) is 0 Å². The van der Waals surface area contributed by atoms with E-state index >= 15 is 0 Å². The van der Waals surface area contributed by atoms with Crippen LogP contribution in [0.25, 0.3) is 0 Å². The van der Waals surface area contributed by atoms with Crippen LogP contribution in [0.5, 0.6) is 0 Å². The van der Waals surface area contributed by atoms with E-state index < -0.39 is 6.04 Å². The maximum Gasteiger partial charge on any atom is 0.244 e. The van der Waals surface area contributed by atoms with Crippen molar-refractivity contribution < 1.29 is 4.79 Å². The molecule has 0 aromatic heterocycles. The molecular formula is C12H10Cl2N2OS2. The lowest BCUT2D eigenvalue weighted by atomic mass is 10.1. The third-order valence-corrected chi connectivity index (χ3v) is 6.37. The molecule has 1 aromatic carbocycles. The number of nitriles is 1. The third kappa shape index (κ3) is 3.51. The molecule has 1 aliphatic rings. The zero-order valence-corrected chi connectivity index (χ0v) is 12.9. The molecule has 1 saturated heterocycles. The normalized spacial score (nSPS) is 16.9. The third-order valence-electron chi connectivity index (χ3n) is 2.54. The van der Waals surface area contributed by atoms with Gasteiger partial charge < -0.3 is 5.32 Å². The lowest BCUT2D eigenvalue weighted by Gasteiger charge is -2.16. The van der Waals surface area contributed by atoms with Gasteiger partial charge in [-0.3, -0.25) is 4.79 Å². The number of carbonyl (C=O) groups is 1. The summed E-state index contributed by atoms with van der Waals surface area (Å²) in [5.41, 5.74) is 0.526. The molecule has 1 aliphatic heterocycles. The van der Waals surface area contributed by atoms with E-state index in [1.54, 1.807) is 41.7 Å². The van der Waals surface area contributed by atoms with Crippen molar-refractivity contribution in [2.75, 3.05) is 11.5 Å². The van der Waals surface area contributed by atoms with E-state index in [1.165, 1.54) is 0 Å². The van der Waals surface area contributed by atoms with Crippen molar-refractivity contribution in [3.63, 3.8) is 0 Å². The van der Waals surface area contributed by atoms with E-state index in [-0.39, 0.29) is 10.5 Å². The Morgan fingerprint density at radius 1 is 1.42 bits per heavy atom. The number of nitrogens with zero attached hydrogens (tertiary/aromatic N) is 1. The van der Waals surface area contributed by atoms with Crippen molar-refractivity contribution in [3.05, 3.63) is 33.8 Å². The molecule has 1 N–H and O–H groups in total. The number of benzene rings is 1. The van der Waals surface area contributed by atoms with Crippen LogP contribution in [0.4, 0.5) is 0 Å². The van der Waals surface area contributed by atoms with Crippen LogP contribution in [0.1, 0.15) is 11.6 Å². The Hall–Kier alpha value is -0.540. The maximum atomic E-state index is 12.0. The van der Waals surface area contributed by atoms with Gasteiger partial charge in [0.2, 0.25) is 5.91 Å². The van der Waals surface area contributed by atoms with E-state index in [0.717, 1.165) is 11.5 Å². The van der Waals surface area contributed by atoms with Crippen LogP contribution < -0.4 is 5.32 Å². The second kappa shape index (κ2) is 6.76. The van der Waals surface area contributed by atoms with Crippen LogP contribution in [-0.2, 0) is 4.79 Å². The van der Waals surface area contributed by atoms with Crippen molar-refractivity contribution >= 4 is 52.6 Å². The number of halogens is 2. The van der Waals surface area contributed by atoms with Crippen molar-refractivity contribution in [1.29, 1.82) is 5.26 Å². The molecular weight excluding hydrogens is 323 g/mol. The number of rotatable bonds is 3. The summed E-state index contributed by atoms with van der Waals surface area (Å²) in [5.74, 6) is 1.77. The van der Waals surface area contributed by atoms with Gasteiger partial charge in [0.1, 0.15) is 10.6 Å². The average Bonchev–Trinajstić information content (AvgIpc) is 2.93. The Kier molecular flexibility index (Phi) is 5.28. The van der Waals surface area contributed by atoms with Crippen LogP contribution in [0, 0.1) is 11.3 Å². The molecule has 19 heavy (non-hydrogen) atoms. The average molecular weight is 333 g/mol. The van der Waals surface area contributed by atoms with E-state index in [0.29, 0.717) is 15.6 Å². The fourth-order valence-electron chi connectivity index (χ4n) is 1.64. The minimum Gasteiger partial charge on any atom is -0.335 e. The number of hydrogen-bond acceptors (Lipinski definition) is 4. The van der Waals surface area contributed by atoms with Crippen LogP contribution in [-0.4, -0.2) is 22.0 Å². The molecule has 0 saturated carbocycles. The summed E-state index contributed by atoms with van der Waals surface area (Å²) >= 11 is 15.2. The standard InChI is InChI=1S/C12H10Cl2N2OS2/c13-8-3-1-2-7(10(8)14)9(6-15)16-11(17)12-18-4-5-19-12/h1-3,9,12H,4-5H2,(H,16,17)/t9-/m0/s1. The summed E-state index contributed by atoms with van der Waals surface area (Å²) in [6.07, 6.45) is 0. The summed E-state index contributed by atoms with van der Waals surface area (Å²) in [6.45, 7) is 0. The highest BCUT2D eigenvalue weighted by atomic mass is 35.5. The number of thioether (sulfide) groups is 2. The first kappa shape index (κ1) is 14.9. The second-order valence-corrected chi connectivity index (χ2v) is 7.30. The second-order valence-electron chi connectivity index (χ2n) is 3.79. The summed E-state index contributed by atoms with van der Waals surface area (Å²) in [6, 6.07) is 6.31. The number of hydrogen-bond donors (Lipinski definition) is 1. The quantitative estimate of drug-likeness (QED) is 0.920. The van der Waals surface area contributed by atoms with Crippen LogP contribution in [0.2, 0.25) is 10.0 Å². The lowest BCUT2D eigenvalue weighted by Crippen LogP contribution is -2.33. The van der Waals surface area contributed by atoms with Crippen molar-refractivity contribution in [1.82, 2.24) is 5.32 Å². The maximum absolute atomic E-state index is 12.0. The zero-order valence-electron chi connectivity index (χ0n) is 9.73. The molecule has 1 aromatic rings. The molecule has 7 heteroatoms. The van der Waals surface area contributed by atoms with Gasteiger partial charge in [0.05, 0.1) is 16.1 Å². The van der Waals surface area contributed by atoms with Gasteiger partial charge in [-0.15, -0.1) is 23.5 Å². The first-order chi connectivity index (χ1) is 9.13. The predicted octanol–water partition coefficient (Wildman–Crippen LogP) is 3.48. The molecule has 1 heterocycles. The van der Waals surface area contributed by atoms with Gasteiger partial charge in [0, 0.05) is 17.1 Å². The Morgan fingerprint density at radius 3 is 2.74 bits per heavy atom. The molecule has 1 fully saturated rings. The topological polar surface area (TPSA) is 52.9 Å². The Bertz CT molecular complexity index is 527. The minimum absolute atomic E-state index is 0.143. The molecule has 0 radical (unpaired) electrons. The number of nitrogens with one attached hydrogen (secondary N) is 1. The van der Waals surface area contributed by atoms with Gasteiger partial charge in [-0.05, 0) is 6.07 Å². The highest BCUT2D eigenvalue weighted by Gasteiger charge is 2.27. The minimum atomic E-state index is -0.777. The Morgan fingerprint density at radius 2 is 2.11 bits per heavy atom. The smallest absolute Gasteiger partial charge is 0.244 e. The summed E-state index contributed by atoms with van der Waals surface area (Å²) in [4.78, 5) is 12.0. The van der Waals surface area contributed by atoms with Gasteiger partial charge in [-0.1, -0.05) is 35.3 Å². The summed E-state index contributed by atoms with van der Waals surface area (Å²) < 4.78 is -0.145. The van der Waals surface area contributed by atoms with E-state index in [1.807, 2.05) is 6.07 Å². The Labute approximate surface area is 130 Å². The highest BCUT2D eigenvalue weighted by molar-refractivity contribution is 8.21. The largest absolute Gasteiger partial charge is 0.335 e. The molecule has 3 nitrogen and oxygen atoms in total. The molecule has 1 amide bonds. The molecule has 0 spiro atoms. The lowest BCUT2D eigenvalue weighted by molar-refractivity contribution is -0.119.